The lowest BCUT2D eigenvalue weighted by atomic mass is 10.0. The molecule has 0 unspecified atom stereocenters. The molecule has 0 saturated carbocycles. The van der Waals surface area contributed by atoms with Gasteiger partial charge in [-0.1, -0.05) is 9.39 Å². The van der Waals surface area contributed by atoms with Gasteiger partial charge in [-0.25, -0.2) is 13.6 Å². The van der Waals surface area contributed by atoms with Crippen molar-refractivity contribution in [1.82, 2.24) is 24.8 Å². The van der Waals surface area contributed by atoms with Crippen LogP contribution in [0, 0.1) is 11.6 Å². The molecule has 1 N–H and O–H groups in total. The van der Waals surface area contributed by atoms with Crippen LogP contribution >= 0.6 is 0 Å². The van der Waals surface area contributed by atoms with Crippen LogP contribution in [0.2, 0.25) is 0 Å². The van der Waals surface area contributed by atoms with E-state index in [1.165, 1.54) is 16.9 Å². The number of benzene rings is 1. The van der Waals surface area contributed by atoms with Crippen LogP contribution in [0.5, 0.6) is 0 Å². The fourth-order valence-electron chi connectivity index (χ4n) is 2.82. The van der Waals surface area contributed by atoms with Crippen molar-refractivity contribution in [3.8, 4) is 22.5 Å². The van der Waals surface area contributed by atoms with Gasteiger partial charge in [-0.15, -0.1) is 5.10 Å². The molecule has 0 spiro atoms. The topological polar surface area (TPSA) is 85.8 Å². The van der Waals surface area contributed by atoms with Crippen LogP contribution in [0.3, 0.4) is 0 Å². The number of carboxylic acids is 1. The fourth-order valence-corrected chi connectivity index (χ4v) is 2.82. The minimum Gasteiger partial charge on any atom is -0.478 e. The Morgan fingerprint density at radius 2 is 1.85 bits per heavy atom. The molecule has 4 rings (SSSR count). The van der Waals surface area contributed by atoms with E-state index in [9.17, 15) is 18.1 Å². The highest BCUT2D eigenvalue weighted by Gasteiger charge is 2.20. The van der Waals surface area contributed by atoms with Gasteiger partial charge in [0.1, 0.15) is 22.8 Å². The number of carbonyl (C=O) groups is 1. The Labute approximate surface area is 149 Å². The average molecular weight is 373 g/mol. The highest BCUT2D eigenvalue weighted by atomic mass is 19.2. The highest BCUT2D eigenvalue weighted by Crippen LogP contribution is 2.32. The molecule has 1 aromatic carbocycles. The third kappa shape index (κ3) is 2.71. The summed E-state index contributed by atoms with van der Waals surface area (Å²) < 4.78 is 44.2. The number of fused-ring (bicyclic) bond motifs is 1. The molecule has 136 valence electrons. The number of carboxylic acid groups (broad SMARTS) is 1. The van der Waals surface area contributed by atoms with Crippen LogP contribution in [0.4, 0.5) is 13.3 Å². The third-order valence-corrected chi connectivity index (χ3v) is 4.05. The zero-order valence-electron chi connectivity index (χ0n) is 13.7. The first-order chi connectivity index (χ1) is 12.8. The summed E-state index contributed by atoms with van der Waals surface area (Å²) in [6, 6.07) is 2.70. The molecule has 0 aliphatic rings. The van der Waals surface area contributed by atoms with E-state index < -0.39 is 28.7 Å². The summed E-state index contributed by atoms with van der Waals surface area (Å²) in [5, 5.41) is 16.9. The zero-order valence-corrected chi connectivity index (χ0v) is 13.7. The van der Waals surface area contributed by atoms with E-state index in [1.807, 2.05) is 0 Å². The molecule has 10 heteroatoms. The van der Waals surface area contributed by atoms with Gasteiger partial charge in [0.05, 0.1) is 29.2 Å². The number of halogens is 3. The minimum absolute atomic E-state index is 0.0144. The standard InChI is InChI=1S/C17H10F3N5O2/c1-24-7-9(5-22-24)16-10-4-13(21-6-14(10)25(20)23-16)15-11(18)2-8(17(26)27)3-12(15)19/h2-7H,1H3,(H,26,27). The first-order valence-electron chi connectivity index (χ1n) is 7.62. The molecule has 27 heavy (non-hydrogen) atoms. The van der Waals surface area contributed by atoms with Crippen molar-refractivity contribution in [2.75, 3.05) is 0 Å². The van der Waals surface area contributed by atoms with Gasteiger partial charge < -0.3 is 5.11 Å². The molecule has 0 bridgehead atoms. The highest BCUT2D eigenvalue weighted by molar-refractivity contribution is 5.95. The Kier molecular flexibility index (Phi) is 3.69. The smallest absolute Gasteiger partial charge is 0.335 e. The lowest BCUT2D eigenvalue weighted by molar-refractivity contribution is 0.0695. The Morgan fingerprint density at radius 1 is 1.15 bits per heavy atom. The Morgan fingerprint density at radius 3 is 2.44 bits per heavy atom. The van der Waals surface area contributed by atoms with Gasteiger partial charge in [-0.2, -0.15) is 5.10 Å². The SMILES string of the molecule is Cn1cc(-c2nn(F)c3cnc(-c4c(F)cc(C(=O)O)cc4F)cc23)cn1. The quantitative estimate of drug-likeness (QED) is 0.596. The van der Waals surface area contributed by atoms with E-state index in [0.29, 0.717) is 17.7 Å². The van der Waals surface area contributed by atoms with Crippen molar-refractivity contribution in [3.63, 3.8) is 0 Å². The lowest BCUT2D eigenvalue weighted by Crippen LogP contribution is -2.01. The molecule has 0 aliphatic heterocycles. The number of aromatic carboxylic acids is 1. The Balaban J connectivity index is 1.93. The molecule has 4 aromatic rings. The van der Waals surface area contributed by atoms with Crippen LogP contribution in [0.25, 0.3) is 33.4 Å². The van der Waals surface area contributed by atoms with Crippen LogP contribution in [-0.4, -0.2) is 35.8 Å². The largest absolute Gasteiger partial charge is 0.478 e. The predicted octanol–water partition coefficient (Wildman–Crippen LogP) is 3.21. The summed E-state index contributed by atoms with van der Waals surface area (Å²) in [4.78, 5) is 14.9. The predicted molar refractivity (Wildman–Crippen MR) is 88.5 cm³/mol. The van der Waals surface area contributed by atoms with E-state index in [0.717, 1.165) is 6.20 Å². The number of pyridine rings is 1. The van der Waals surface area contributed by atoms with Gasteiger partial charge in [-0.05, 0) is 18.2 Å². The summed E-state index contributed by atoms with van der Waals surface area (Å²) in [5.41, 5.74) is -0.397. The summed E-state index contributed by atoms with van der Waals surface area (Å²) in [6.07, 6.45) is 4.19. The maximum absolute atomic E-state index is 14.3. The van der Waals surface area contributed by atoms with Gasteiger partial charge in [0.2, 0.25) is 0 Å². The van der Waals surface area contributed by atoms with Crippen molar-refractivity contribution in [3.05, 3.63) is 54.0 Å². The Hall–Kier alpha value is -3.69. The second kappa shape index (κ2) is 5.94. The lowest BCUT2D eigenvalue weighted by Gasteiger charge is -2.06. The second-order valence-corrected chi connectivity index (χ2v) is 5.82. The number of nitrogens with zero attached hydrogens (tertiary/aromatic N) is 5. The van der Waals surface area contributed by atoms with E-state index in [-0.39, 0.29) is 27.2 Å². The monoisotopic (exact) mass is 373 g/mol. The van der Waals surface area contributed by atoms with Crippen LogP contribution in [0.1, 0.15) is 10.4 Å². The molecule has 0 aliphatic carbocycles. The molecular weight excluding hydrogens is 363 g/mol. The van der Waals surface area contributed by atoms with E-state index >= 15 is 0 Å². The number of hydrogen-bond acceptors (Lipinski definition) is 4. The van der Waals surface area contributed by atoms with Gasteiger partial charge >= 0.3 is 5.97 Å². The number of hydrogen-bond donors (Lipinski definition) is 1. The van der Waals surface area contributed by atoms with Gasteiger partial charge in [0, 0.05) is 24.2 Å². The van der Waals surface area contributed by atoms with E-state index in [4.69, 9.17) is 5.11 Å². The number of aryl methyl sites for hydroxylation is 1. The first-order valence-corrected chi connectivity index (χ1v) is 7.62. The molecule has 0 saturated heterocycles. The maximum Gasteiger partial charge on any atom is 0.335 e. The minimum atomic E-state index is -1.46. The molecular formula is C17H10F3N5O2. The van der Waals surface area contributed by atoms with Crippen LogP contribution in [0.15, 0.2) is 36.8 Å². The van der Waals surface area contributed by atoms with Crippen LogP contribution < -0.4 is 0 Å². The van der Waals surface area contributed by atoms with Crippen molar-refractivity contribution < 1.29 is 23.2 Å². The van der Waals surface area contributed by atoms with Gasteiger partial charge in [0.25, 0.3) is 0 Å². The third-order valence-electron chi connectivity index (χ3n) is 4.05. The number of rotatable bonds is 3. The molecule has 3 aromatic heterocycles. The number of aromatic nitrogens is 5. The normalized spacial score (nSPS) is 11.3. The molecule has 0 atom stereocenters. The van der Waals surface area contributed by atoms with E-state index in [2.05, 4.69) is 15.2 Å². The summed E-state index contributed by atoms with van der Waals surface area (Å²) in [7, 11) is 1.68. The fraction of sp³-hybridized carbons (Fsp3) is 0.0588. The maximum atomic E-state index is 14.3. The summed E-state index contributed by atoms with van der Waals surface area (Å²) >= 11 is 0. The molecule has 7 nitrogen and oxygen atoms in total. The molecule has 0 fully saturated rings. The van der Waals surface area contributed by atoms with Crippen molar-refractivity contribution in [1.29, 1.82) is 0 Å². The van der Waals surface area contributed by atoms with Gasteiger partial charge in [0.15, 0.2) is 0 Å². The van der Waals surface area contributed by atoms with E-state index in [1.54, 1.807) is 13.2 Å². The zero-order chi connectivity index (χ0) is 19.3. The molecule has 3 heterocycles. The van der Waals surface area contributed by atoms with Crippen LogP contribution in [-0.2, 0) is 7.05 Å². The van der Waals surface area contributed by atoms with Crippen molar-refractivity contribution in [2.24, 2.45) is 7.05 Å². The first kappa shape index (κ1) is 16.8. The van der Waals surface area contributed by atoms with Crippen molar-refractivity contribution >= 4 is 16.9 Å². The van der Waals surface area contributed by atoms with Gasteiger partial charge in [-0.3, -0.25) is 9.67 Å². The Bertz CT molecular complexity index is 1190. The molecule has 0 amide bonds. The summed E-state index contributed by atoms with van der Waals surface area (Å²) in [6.45, 7) is 0. The second-order valence-electron chi connectivity index (χ2n) is 5.82. The average Bonchev–Trinajstić information content (AvgIpc) is 3.17. The molecule has 0 radical (unpaired) electrons. The van der Waals surface area contributed by atoms with Crippen molar-refractivity contribution in [2.45, 2.75) is 0 Å². The summed E-state index contributed by atoms with van der Waals surface area (Å²) in [5.74, 6) is -3.63.